The maximum atomic E-state index is 4.76. The Kier molecular flexibility index (Phi) is 6.14. The first-order chi connectivity index (χ1) is 27.7. The van der Waals surface area contributed by atoms with E-state index in [-0.39, 0.29) is 0 Å². The zero-order valence-corrected chi connectivity index (χ0v) is 30.6. The summed E-state index contributed by atoms with van der Waals surface area (Å²) in [6, 6.07) is 33.7. The lowest BCUT2D eigenvalue weighted by molar-refractivity contribution is 0.952. The smallest absolute Gasteiger partial charge is 0.0716 e. The van der Waals surface area contributed by atoms with Gasteiger partial charge in [-0.25, -0.2) is 0 Å². The van der Waals surface area contributed by atoms with Crippen LogP contribution in [0.15, 0.2) is 134 Å². The van der Waals surface area contributed by atoms with E-state index in [0.29, 0.717) is 0 Å². The van der Waals surface area contributed by atoms with E-state index in [1.807, 2.05) is 43.4 Å². The second kappa shape index (κ2) is 11.3. The topological polar surface area (TPSA) is 58.0 Å². The van der Waals surface area contributed by atoms with Crippen molar-refractivity contribution in [1.82, 2.24) is 19.9 Å². The fourth-order valence-corrected chi connectivity index (χ4v) is 10.4. The van der Waals surface area contributed by atoms with Gasteiger partial charge in [-0.15, -0.1) is 0 Å². The lowest BCUT2D eigenvalue weighted by atomic mass is 9.87. The van der Waals surface area contributed by atoms with Crippen LogP contribution >= 0.6 is 0 Å². The quantitative estimate of drug-likeness (QED) is 0.156. The molecule has 0 radical (unpaired) electrons. The molecule has 0 spiro atoms. The molecule has 4 aliphatic heterocycles. The SMILES string of the molecule is c1ccc2c(c1)Cc1cc3c(cc1-2)N1c2ccncc2Cc2ccnc(c21)C3.c1ccc2c(c1)Cc1cc3c(cc1-2)N1c2ccncc2Cc2cncc(c21)C3. The molecule has 0 bridgehead atoms. The molecule has 6 heteroatoms. The van der Waals surface area contributed by atoms with Crippen molar-refractivity contribution in [2.24, 2.45) is 0 Å². The number of hydrogen-bond acceptors (Lipinski definition) is 6. The lowest BCUT2D eigenvalue weighted by Crippen LogP contribution is -2.25. The summed E-state index contributed by atoms with van der Waals surface area (Å²) < 4.78 is 0. The molecule has 0 atom stereocenters. The molecule has 56 heavy (non-hydrogen) atoms. The second-order valence-corrected chi connectivity index (χ2v) is 15.9. The highest BCUT2D eigenvalue weighted by molar-refractivity contribution is 5.93. The molecule has 8 aromatic rings. The fraction of sp³-hybridized carbons (Fsp3) is 0.120. The Bertz CT molecular complexity index is 2810. The first kappa shape index (κ1) is 30.4. The Hall–Kier alpha value is -6.92. The van der Waals surface area contributed by atoms with E-state index in [1.54, 1.807) is 0 Å². The Balaban J connectivity index is 0.000000118. The van der Waals surface area contributed by atoms with Crippen molar-refractivity contribution in [3.05, 3.63) is 201 Å². The highest BCUT2D eigenvalue weighted by Crippen LogP contribution is 2.54. The molecule has 0 fully saturated rings. The maximum absolute atomic E-state index is 4.76. The molecule has 0 saturated heterocycles. The van der Waals surface area contributed by atoms with Crippen LogP contribution in [0, 0.1) is 0 Å². The first-order valence-corrected chi connectivity index (χ1v) is 19.6. The molecule has 0 unspecified atom stereocenters. The average Bonchev–Trinajstić information content (AvgIpc) is 3.79. The predicted octanol–water partition coefficient (Wildman–Crippen LogP) is 10.7. The Labute approximate surface area is 324 Å². The summed E-state index contributed by atoms with van der Waals surface area (Å²) in [6.07, 6.45) is 19.6. The third kappa shape index (κ3) is 4.27. The van der Waals surface area contributed by atoms with Crippen LogP contribution in [0.25, 0.3) is 22.3 Å². The molecule has 0 amide bonds. The molecule has 14 rings (SSSR count). The van der Waals surface area contributed by atoms with Crippen molar-refractivity contribution in [3.63, 3.8) is 0 Å². The van der Waals surface area contributed by atoms with Gasteiger partial charge in [0.1, 0.15) is 0 Å². The molecule has 4 aromatic carbocycles. The van der Waals surface area contributed by atoms with Gasteiger partial charge in [-0.05, 0) is 127 Å². The van der Waals surface area contributed by atoms with Crippen LogP contribution in [-0.4, -0.2) is 19.9 Å². The molecule has 0 N–H and O–H groups in total. The fourth-order valence-electron chi connectivity index (χ4n) is 10.4. The van der Waals surface area contributed by atoms with Crippen molar-refractivity contribution in [3.8, 4) is 22.3 Å². The zero-order valence-electron chi connectivity index (χ0n) is 30.6. The third-order valence-electron chi connectivity index (χ3n) is 12.8. The van der Waals surface area contributed by atoms with E-state index in [4.69, 9.17) is 4.98 Å². The van der Waals surface area contributed by atoms with E-state index in [0.717, 1.165) is 38.5 Å². The molecule has 264 valence electrons. The van der Waals surface area contributed by atoms with Gasteiger partial charge in [-0.3, -0.25) is 19.9 Å². The monoisotopic (exact) mass is 718 g/mol. The lowest BCUT2D eigenvalue weighted by Gasteiger charge is -2.39. The minimum absolute atomic E-state index is 0.902. The standard InChI is InChI=1S/2C25H17N3/c1-2-4-20-15(3-1)9-17-11-18-12-22-25-16(5-8-27-22)10-19-14-26-7-6-23(19)28(25)24(18)13-21(17)20;1-2-4-21-15(3-1)7-16-8-17-9-19-13-27-14-20-10-18-12-26-6-5-23(18)28(25(19)20)24(17)11-22(16)21/h1-8,11,13-14H,9-10,12H2;1-6,8,11-14H,7,9-10H2. The van der Waals surface area contributed by atoms with Crippen LogP contribution < -0.4 is 9.80 Å². The first-order valence-electron chi connectivity index (χ1n) is 19.6. The molecule has 4 aromatic heterocycles. The Morgan fingerprint density at radius 1 is 0.339 bits per heavy atom. The van der Waals surface area contributed by atoms with Gasteiger partial charge >= 0.3 is 0 Å². The number of nitrogens with zero attached hydrogens (tertiary/aromatic N) is 6. The van der Waals surface area contributed by atoms with E-state index in [1.165, 1.54) is 123 Å². The summed E-state index contributed by atoms with van der Waals surface area (Å²) in [7, 11) is 0. The molecular formula is C50H34N6. The maximum Gasteiger partial charge on any atom is 0.0716 e. The molecule has 8 heterocycles. The van der Waals surface area contributed by atoms with E-state index in [9.17, 15) is 0 Å². The minimum atomic E-state index is 0.902. The van der Waals surface area contributed by atoms with Crippen LogP contribution in [0.4, 0.5) is 34.1 Å². The van der Waals surface area contributed by atoms with Crippen molar-refractivity contribution < 1.29 is 0 Å². The second-order valence-electron chi connectivity index (χ2n) is 15.9. The third-order valence-corrected chi connectivity index (χ3v) is 12.8. The summed E-state index contributed by atoms with van der Waals surface area (Å²) in [5.74, 6) is 0. The van der Waals surface area contributed by atoms with Gasteiger partial charge in [0.2, 0.25) is 0 Å². The van der Waals surface area contributed by atoms with Crippen LogP contribution in [0.5, 0.6) is 0 Å². The van der Waals surface area contributed by atoms with Gasteiger partial charge in [0, 0.05) is 69.1 Å². The normalized spacial score (nSPS) is 14.6. The van der Waals surface area contributed by atoms with Crippen molar-refractivity contribution >= 4 is 34.1 Å². The van der Waals surface area contributed by atoms with Crippen LogP contribution in [0.1, 0.15) is 66.9 Å². The van der Waals surface area contributed by atoms with Crippen LogP contribution in [0.2, 0.25) is 0 Å². The van der Waals surface area contributed by atoms with Crippen LogP contribution in [-0.2, 0) is 38.5 Å². The molecular weight excluding hydrogens is 685 g/mol. The number of rotatable bonds is 0. The van der Waals surface area contributed by atoms with Gasteiger partial charge in [-0.1, -0.05) is 60.7 Å². The summed E-state index contributed by atoms with van der Waals surface area (Å²) in [6.45, 7) is 0. The number of pyridine rings is 4. The van der Waals surface area contributed by atoms with Gasteiger partial charge in [0.05, 0.1) is 39.8 Å². The summed E-state index contributed by atoms with van der Waals surface area (Å²) >= 11 is 0. The number of hydrogen-bond donors (Lipinski definition) is 0. The largest absolute Gasteiger partial charge is 0.309 e. The van der Waals surface area contributed by atoms with E-state index >= 15 is 0 Å². The van der Waals surface area contributed by atoms with E-state index in [2.05, 4.69) is 116 Å². The summed E-state index contributed by atoms with van der Waals surface area (Å²) in [5.41, 5.74) is 29.4. The number of fused-ring (bicyclic) bond motifs is 14. The molecule has 6 aliphatic rings. The van der Waals surface area contributed by atoms with E-state index < -0.39 is 0 Å². The van der Waals surface area contributed by atoms with Crippen molar-refractivity contribution in [2.75, 3.05) is 9.80 Å². The number of benzene rings is 4. The molecule has 2 aliphatic carbocycles. The summed E-state index contributed by atoms with van der Waals surface area (Å²) in [4.78, 5) is 22.9. The van der Waals surface area contributed by atoms with Gasteiger partial charge in [0.15, 0.2) is 0 Å². The molecule has 0 saturated carbocycles. The minimum Gasteiger partial charge on any atom is -0.309 e. The average molecular weight is 719 g/mol. The predicted molar refractivity (Wildman–Crippen MR) is 221 cm³/mol. The Morgan fingerprint density at radius 2 is 0.857 bits per heavy atom. The van der Waals surface area contributed by atoms with Crippen molar-refractivity contribution in [1.29, 1.82) is 0 Å². The van der Waals surface area contributed by atoms with Gasteiger partial charge < -0.3 is 9.80 Å². The molecule has 6 nitrogen and oxygen atoms in total. The number of anilines is 6. The van der Waals surface area contributed by atoms with Gasteiger partial charge in [-0.2, -0.15) is 0 Å². The Morgan fingerprint density at radius 3 is 1.50 bits per heavy atom. The van der Waals surface area contributed by atoms with Crippen LogP contribution in [0.3, 0.4) is 0 Å². The van der Waals surface area contributed by atoms with Crippen molar-refractivity contribution in [2.45, 2.75) is 38.5 Å². The highest BCUT2D eigenvalue weighted by atomic mass is 15.2. The summed E-state index contributed by atoms with van der Waals surface area (Å²) in [5, 5.41) is 0. The highest BCUT2D eigenvalue weighted by Gasteiger charge is 2.35. The number of aromatic nitrogens is 4. The zero-order chi connectivity index (χ0) is 36.5. The van der Waals surface area contributed by atoms with Gasteiger partial charge in [0.25, 0.3) is 0 Å².